The van der Waals surface area contributed by atoms with E-state index in [1.807, 2.05) is 45.0 Å². The summed E-state index contributed by atoms with van der Waals surface area (Å²) in [5.74, 6) is 1.16. The Kier molecular flexibility index (Phi) is 6.10. The van der Waals surface area contributed by atoms with Crippen molar-refractivity contribution >= 4 is 15.9 Å². The molecule has 3 N–H and O–H groups in total. The number of nitriles is 1. The summed E-state index contributed by atoms with van der Waals surface area (Å²) in [6, 6.07) is 14.2. The fraction of sp³-hybridized carbons (Fsp3) is 0.250. The molecule has 0 fully saturated rings. The molecule has 2 heterocycles. The molecule has 0 bridgehead atoms. The van der Waals surface area contributed by atoms with E-state index in [0.29, 0.717) is 36.2 Å². The van der Waals surface area contributed by atoms with Gasteiger partial charge in [0, 0.05) is 11.3 Å². The molecule has 32 heavy (non-hydrogen) atoms. The quantitative estimate of drug-likeness (QED) is 0.500. The topological polar surface area (TPSA) is 106 Å². The number of benzene rings is 2. The van der Waals surface area contributed by atoms with Gasteiger partial charge in [0.05, 0.1) is 17.0 Å². The van der Waals surface area contributed by atoms with Crippen LogP contribution in [-0.2, 0) is 6.61 Å². The number of hydrogen-bond donors (Lipinski definition) is 2. The van der Waals surface area contributed by atoms with Gasteiger partial charge >= 0.3 is 0 Å². The number of nitrogens with two attached hydrogens (primary N) is 1. The monoisotopic (exact) mass is 494 g/mol. The number of hydrogen-bond acceptors (Lipinski definition) is 6. The molecule has 3 aromatic rings. The molecule has 164 valence electrons. The lowest BCUT2D eigenvalue weighted by atomic mass is 9.84. The van der Waals surface area contributed by atoms with E-state index in [4.69, 9.17) is 19.9 Å². The zero-order valence-corrected chi connectivity index (χ0v) is 19.6. The molecule has 1 atom stereocenters. The number of allylic oxidation sites excluding steroid dienone is 1. The number of halogens is 1. The van der Waals surface area contributed by atoms with Crippen LogP contribution in [0.2, 0.25) is 0 Å². The minimum atomic E-state index is -0.441. The Morgan fingerprint density at radius 2 is 1.97 bits per heavy atom. The van der Waals surface area contributed by atoms with E-state index in [-0.39, 0.29) is 5.88 Å². The Bertz CT molecular complexity index is 1230. The van der Waals surface area contributed by atoms with E-state index in [9.17, 15) is 5.26 Å². The third-order valence-corrected chi connectivity index (χ3v) is 5.89. The zero-order valence-electron chi connectivity index (χ0n) is 18.0. The number of H-pyrrole nitrogens is 1. The number of fused-ring (bicyclic) bond motifs is 1. The summed E-state index contributed by atoms with van der Waals surface area (Å²) in [6.07, 6.45) is 0. The maximum absolute atomic E-state index is 9.81. The van der Waals surface area contributed by atoms with Crippen molar-refractivity contribution < 1.29 is 14.2 Å². The van der Waals surface area contributed by atoms with Gasteiger partial charge in [-0.1, -0.05) is 29.8 Å². The lowest BCUT2D eigenvalue weighted by Gasteiger charge is -2.25. The van der Waals surface area contributed by atoms with Crippen molar-refractivity contribution in [2.45, 2.75) is 33.3 Å². The van der Waals surface area contributed by atoms with Crippen LogP contribution in [0.15, 0.2) is 52.3 Å². The first kappa shape index (κ1) is 21.8. The molecule has 1 aromatic heterocycles. The van der Waals surface area contributed by atoms with Gasteiger partial charge in [0.25, 0.3) is 0 Å². The maximum Gasteiger partial charge on any atom is 0.244 e. The van der Waals surface area contributed by atoms with E-state index >= 15 is 0 Å². The fourth-order valence-electron chi connectivity index (χ4n) is 3.73. The minimum absolute atomic E-state index is 0.0466. The van der Waals surface area contributed by atoms with Crippen molar-refractivity contribution in [2.24, 2.45) is 5.73 Å². The largest absolute Gasteiger partial charge is 0.490 e. The molecular formula is C24H23BrN4O3. The van der Waals surface area contributed by atoms with Crippen LogP contribution in [0.5, 0.6) is 17.4 Å². The standard InChI is InChI=1S/C24H23BrN4O3/c1-4-30-19-10-16(9-18(25)22(19)31-12-15-7-5-13(2)6-8-15)21-17(11-26)23(27)32-24-20(21)14(3)28-29-24/h5-10,21H,4,12,27H2,1-3H3,(H,28,29)/t21-/m1/s1. The van der Waals surface area contributed by atoms with Gasteiger partial charge in [-0.3, -0.25) is 5.10 Å². The Labute approximate surface area is 194 Å². The molecule has 1 aliphatic rings. The average Bonchev–Trinajstić information content (AvgIpc) is 3.13. The summed E-state index contributed by atoms with van der Waals surface area (Å²) in [5, 5.41) is 16.9. The van der Waals surface area contributed by atoms with E-state index in [1.165, 1.54) is 5.56 Å². The summed E-state index contributed by atoms with van der Waals surface area (Å²) in [5.41, 5.74) is 11.0. The number of ether oxygens (including phenoxy) is 3. The summed E-state index contributed by atoms with van der Waals surface area (Å²) >= 11 is 3.64. The molecule has 1 aliphatic heterocycles. The Balaban J connectivity index is 1.75. The van der Waals surface area contributed by atoms with Crippen molar-refractivity contribution in [2.75, 3.05) is 6.61 Å². The summed E-state index contributed by atoms with van der Waals surface area (Å²) in [4.78, 5) is 0. The zero-order chi connectivity index (χ0) is 22.8. The molecule has 4 rings (SSSR count). The highest BCUT2D eigenvalue weighted by molar-refractivity contribution is 9.10. The van der Waals surface area contributed by atoms with Crippen molar-refractivity contribution in [1.29, 1.82) is 5.26 Å². The molecule has 8 heteroatoms. The van der Waals surface area contributed by atoms with Crippen LogP contribution in [0.3, 0.4) is 0 Å². The van der Waals surface area contributed by atoms with Gasteiger partial charge in [0.1, 0.15) is 18.2 Å². The molecule has 0 unspecified atom stereocenters. The number of aromatic nitrogens is 2. The average molecular weight is 495 g/mol. The predicted octanol–water partition coefficient (Wildman–Crippen LogP) is 4.98. The number of rotatable bonds is 6. The lowest BCUT2D eigenvalue weighted by molar-refractivity contribution is 0.267. The lowest BCUT2D eigenvalue weighted by Crippen LogP contribution is -2.21. The van der Waals surface area contributed by atoms with Crippen molar-refractivity contribution in [3.8, 4) is 23.4 Å². The second-order valence-electron chi connectivity index (χ2n) is 7.53. The first-order valence-electron chi connectivity index (χ1n) is 10.2. The highest BCUT2D eigenvalue weighted by Crippen LogP contribution is 2.46. The van der Waals surface area contributed by atoms with Crippen molar-refractivity contribution in [3.05, 3.63) is 80.3 Å². The van der Waals surface area contributed by atoms with Crippen LogP contribution in [0, 0.1) is 25.2 Å². The molecule has 0 radical (unpaired) electrons. The summed E-state index contributed by atoms with van der Waals surface area (Å²) in [7, 11) is 0. The van der Waals surface area contributed by atoms with Gasteiger partial charge < -0.3 is 19.9 Å². The van der Waals surface area contributed by atoms with Gasteiger partial charge in [0.2, 0.25) is 11.8 Å². The van der Waals surface area contributed by atoms with E-state index < -0.39 is 5.92 Å². The van der Waals surface area contributed by atoms with Gasteiger partial charge in [0.15, 0.2) is 11.5 Å². The molecular weight excluding hydrogens is 472 g/mol. The first-order valence-corrected chi connectivity index (χ1v) is 11.0. The van der Waals surface area contributed by atoms with Crippen molar-refractivity contribution in [1.82, 2.24) is 10.2 Å². The Morgan fingerprint density at radius 1 is 1.22 bits per heavy atom. The summed E-state index contributed by atoms with van der Waals surface area (Å²) < 4.78 is 18.3. The van der Waals surface area contributed by atoms with Gasteiger partial charge in [-0.25, -0.2) is 0 Å². The third-order valence-electron chi connectivity index (χ3n) is 5.30. The Hall–Kier alpha value is -3.44. The number of nitrogens with one attached hydrogen (secondary N) is 1. The molecule has 7 nitrogen and oxygen atoms in total. The van der Waals surface area contributed by atoms with E-state index in [1.54, 1.807) is 0 Å². The first-order chi connectivity index (χ1) is 15.4. The van der Waals surface area contributed by atoms with Crippen LogP contribution < -0.4 is 19.9 Å². The van der Waals surface area contributed by atoms with Gasteiger partial charge in [-0.2, -0.15) is 5.26 Å². The number of nitrogens with zero attached hydrogens (tertiary/aromatic N) is 2. The normalized spacial score (nSPS) is 15.0. The van der Waals surface area contributed by atoms with E-state index in [2.05, 4.69) is 44.3 Å². The molecule has 2 aromatic carbocycles. The van der Waals surface area contributed by atoms with Crippen LogP contribution in [0.4, 0.5) is 0 Å². The molecule has 0 aliphatic carbocycles. The van der Waals surface area contributed by atoms with Crippen LogP contribution in [-0.4, -0.2) is 16.8 Å². The second kappa shape index (κ2) is 8.97. The molecule has 0 amide bonds. The number of aromatic amines is 1. The van der Waals surface area contributed by atoms with Crippen molar-refractivity contribution in [3.63, 3.8) is 0 Å². The van der Waals surface area contributed by atoms with E-state index in [0.717, 1.165) is 26.9 Å². The maximum atomic E-state index is 9.81. The van der Waals surface area contributed by atoms with Crippen LogP contribution >= 0.6 is 15.9 Å². The Morgan fingerprint density at radius 3 is 2.66 bits per heavy atom. The van der Waals surface area contributed by atoms with Crippen LogP contribution in [0.25, 0.3) is 0 Å². The third kappa shape index (κ3) is 4.04. The van der Waals surface area contributed by atoms with Gasteiger partial charge in [-0.05, 0) is 60.0 Å². The highest BCUT2D eigenvalue weighted by atomic mass is 79.9. The molecule has 0 saturated heterocycles. The molecule has 0 saturated carbocycles. The number of aryl methyl sites for hydroxylation is 2. The van der Waals surface area contributed by atoms with Crippen LogP contribution in [0.1, 0.15) is 40.8 Å². The SMILES string of the molecule is CCOc1cc([C@@H]2C(C#N)=C(N)Oc3n[nH]c(C)c32)cc(Br)c1OCc1ccc(C)cc1. The minimum Gasteiger partial charge on any atom is -0.490 e. The summed E-state index contributed by atoms with van der Waals surface area (Å²) in [6.45, 7) is 6.71. The predicted molar refractivity (Wildman–Crippen MR) is 123 cm³/mol. The second-order valence-corrected chi connectivity index (χ2v) is 8.38. The fourth-order valence-corrected chi connectivity index (χ4v) is 4.30. The van der Waals surface area contributed by atoms with Gasteiger partial charge in [-0.15, -0.1) is 5.10 Å². The highest BCUT2D eigenvalue weighted by Gasteiger charge is 2.35. The smallest absolute Gasteiger partial charge is 0.244 e. The molecule has 0 spiro atoms.